The number of hydrogen-bond donors (Lipinski definition) is 1. The fourth-order valence-corrected chi connectivity index (χ4v) is 5.70. The average Bonchev–Trinajstić information content (AvgIpc) is 3.60. The zero-order chi connectivity index (χ0) is 25.1. The molecular formula is C27H32N6O3. The number of anilines is 1. The van der Waals surface area contributed by atoms with Crippen LogP contribution in [0.2, 0.25) is 0 Å². The number of carbonyl (C=O) groups is 1. The number of nitrogens with zero attached hydrogens (tertiary/aromatic N) is 5. The molecule has 0 saturated carbocycles. The minimum atomic E-state index is -0.504. The van der Waals surface area contributed by atoms with Crippen LogP contribution in [0.25, 0.3) is 11.3 Å². The average molecular weight is 489 g/mol. The fraction of sp³-hybridized carbons (Fsp3) is 0.481. The number of ether oxygens (including phenoxy) is 2. The molecule has 6 rings (SSSR count). The molecule has 9 nitrogen and oxygen atoms in total. The standard InChI is InChI=1S/C27H32N6O3/c1-26(2,3)36-25(34)32-11-8-27(16-32)9-12-33-22(27)14-19(31-33)18-13-21(24(28)30-15-18)35-20-7-6-17-5-4-10-29-23(17)20/h4-5,10,13-15,20H,6-9,11-12,16H2,1-3H3,(H2,28,30). The fourth-order valence-electron chi connectivity index (χ4n) is 5.70. The van der Waals surface area contributed by atoms with E-state index in [2.05, 4.69) is 26.8 Å². The molecular weight excluding hydrogens is 456 g/mol. The Kier molecular flexibility index (Phi) is 5.21. The summed E-state index contributed by atoms with van der Waals surface area (Å²) < 4.78 is 14.0. The van der Waals surface area contributed by atoms with Crippen LogP contribution in [0.5, 0.6) is 5.75 Å². The van der Waals surface area contributed by atoms with Crippen LogP contribution in [-0.4, -0.2) is 49.4 Å². The first-order valence-electron chi connectivity index (χ1n) is 12.6. The lowest BCUT2D eigenvalue weighted by Crippen LogP contribution is -2.37. The van der Waals surface area contributed by atoms with Crippen molar-refractivity contribution in [3.63, 3.8) is 0 Å². The first kappa shape index (κ1) is 22.8. The largest absolute Gasteiger partial charge is 0.480 e. The van der Waals surface area contributed by atoms with Crippen LogP contribution in [0.4, 0.5) is 10.6 Å². The molecule has 9 heteroatoms. The van der Waals surface area contributed by atoms with E-state index in [1.165, 1.54) is 5.56 Å². The number of fused-ring (bicyclic) bond motifs is 3. The molecule has 2 atom stereocenters. The molecule has 1 aliphatic carbocycles. The van der Waals surface area contributed by atoms with Crippen LogP contribution in [-0.2, 0) is 23.1 Å². The van der Waals surface area contributed by atoms with E-state index in [0.29, 0.717) is 24.7 Å². The molecule has 0 bridgehead atoms. The summed E-state index contributed by atoms with van der Waals surface area (Å²) in [5, 5.41) is 4.88. The Bertz CT molecular complexity index is 1330. The van der Waals surface area contributed by atoms with Gasteiger partial charge in [0.05, 0.1) is 11.4 Å². The summed E-state index contributed by atoms with van der Waals surface area (Å²) in [5.74, 6) is 0.908. The number of likely N-dealkylation sites (tertiary alicyclic amines) is 1. The van der Waals surface area contributed by atoms with Crippen molar-refractivity contribution < 1.29 is 14.3 Å². The van der Waals surface area contributed by atoms with Crippen LogP contribution in [0, 0.1) is 0 Å². The minimum absolute atomic E-state index is 0.0953. The minimum Gasteiger partial charge on any atom is -0.480 e. The summed E-state index contributed by atoms with van der Waals surface area (Å²) in [6, 6.07) is 8.11. The predicted molar refractivity (Wildman–Crippen MR) is 135 cm³/mol. The van der Waals surface area contributed by atoms with Crippen molar-refractivity contribution in [2.75, 3.05) is 18.8 Å². The molecule has 36 heavy (non-hydrogen) atoms. The third kappa shape index (κ3) is 3.96. The van der Waals surface area contributed by atoms with E-state index in [1.54, 1.807) is 12.4 Å². The Hall–Kier alpha value is -3.62. The number of carbonyl (C=O) groups excluding carboxylic acids is 1. The molecule has 3 aliphatic rings. The number of nitrogen functional groups attached to an aromatic ring is 1. The number of aromatic nitrogens is 4. The SMILES string of the molecule is CC(C)(C)OC(=O)N1CCC2(CCn3nc(-c4cnc(N)c(OC5CCc6cccnc65)c4)cc32)C1. The Morgan fingerprint density at radius 2 is 2.03 bits per heavy atom. The zero-order valence-electron chi connectivity index (χ0n) is 21.0. The summed E-state index contributed by atoms with van der Waals surface area (Å²) >= 11 is 0. The lowest BCUT2D eigenvalue weighted by molar-refractivity contribution is 0.0284. The second kappa shape index (κ2) is 8.21. The topological polar surface area (TPSA) is 108 Å². The highest BCUT2D eigenvalue weighted by molar-refractivity contribution is 5.69. The lowest BCUT2D eigenvalue weighted by atomic mass is 9.82. The summed E-state index contributed by atoms with van der Waals surface area (Å²) in [6.07, 6.45) is 6.85. The number of amides is 1. The molecule has 5 heterocycles. The second-order valence-corrected chi connectivity index (χ2v) is 11.1. The molecule has 0 aromatic carbocycles. The molecule has 2 aliphatic heterocycles. The van der Waals surface area contributed by atoms with Gasteiger partial charge >= 0.3 is 6.09 Å². The molecule has 1 amide bonds. The summed E-state index contributed by atoms with van der Waals surface area (Å²) in [5.41, 5.74) is 10.6. The molecule has 0 radical (unpaired) electrons. The normalized spacial score (nSPS) is 22.6. The molecule has 2 unspecified atom stereocenters. The second-order valence-electron chi connectivity index (χ2n) is 11.1. The molecule has 1 saturated heterocycles. The maximum absolute atomic E-state index is 12.7. The molecule has 3 aromatic rings. The number of rotatable bonds is 3. The zero-order valence-corrected chi connectivity index (χ0v) is 21.0. The number of nitrogens with two attached hydrogens (primary N) is 1. The van der Waals surface area contributed by atoms with Gasteiger partial charge < -0.3 is 20.1 Å². The van der Waals surface area contributed by atoms with Gasteiger partial charge in [-0.05, 0) is 70.2 Å². The van der Waals surface area contributed by atoms with E-state index >= 15 is 0 Å². The van der Waals surface area contributed by atoms with Gasteiger partial charge in [-0.15, -0.1) is 0 Å². The molecule has 2 N–H and O–H groups in total. The maximum atomic E-state index is 12.7. The van der Waals surface area contributed by atoms with Crippen molar-refractivity contribution in [3.8, 4) is 17.0 Å². The monoisotopic (exact) mass is 488 g/mol. The van der Waals surface area contributed by atoms with Crippen molar-refractivity contribution in [3.05, 3.63) is 53.6 Å². The van der Waals surface area contributed by atoms with E-state index in [-0.39, 0.29) is 17.6 Å². The van der Waals surface area contributed by atoms with Crippen LogP contribution >= 0.6 is 0 Å². The number of aryl methyl sites for hydroxylation is 2. The molecule has 1 spiro atoms. The summed E-state index contributed by atoms with van der Waals surface area (Å²) in [7, 11) is 0. The number of pyridine rings is 2. The van der Waals surface area contributed by atoms with Crippen molar-refractivity contribution in [2.45, 2.75) is 70.1 Å². The summed E-state index contributed by atoms with van der Waals surface area (Å²) in [4.78, 5) is 23.4. The van der Waals surface area contributed by atoms with Crippen LogP contribution in [0.3, 0.4) is 0 Å². The molecule has 1 fully saturated rings. The van der Waals surface area contributed by atoms with E-state index in [9.17, 15) is 4.79 Å². The van der Waals surface area contributed by atoms with E-state index < -0.39 is 5.60 Å². The van der Waals surface area contributed by atoms with Gasteiger partial charge in [0.1, 0.15) is 11.7 Å². The lowest BCUT2D eigenvalue weighted by Gasteiger charge is -2.26. The highest BCUT2D eigenvalue weighted by Gasteiger charge is 2.47. The van der Waals surface area contributed by atoms with Gasteiger partial charge in [-0.1, -0.05) is 6.07 Å². The van der Waals surface area contributed by atoms with E-state index in [4.69, 9.17) is 20.3 Å². The van der Waals surface area contributed by atoms with Crippen molar-refractivity contribution in [2.24, 2.45) is 0 Å². The third-order valence-corrected chi connectivity index (χ3v) is 7.48. The Labute approximate surface area is 210 Å². The quantitative estimate of drug-likeness (QED) is 0.586. The van der Waals surface area contributed by atoms with Gasteiger partial charge in [0.25, 0.3) is 0 Å². The van der Waals surface area contributed by atoms with Gasteiger partial charge in [-0.25, -0.2) is 9.78 Å². The Balaban J connectivity index is 1.23. The first-order chi connectivity index (χ1) is 17.2. The highest BCUT2D eigenvalue weighted by Crippen LogP contribution is 2.44. The smallest absolute Gasteiger partial charge is 0.410 e. The third-order valence-electron chi connectivity index (χ3n) is 7.48. The predicted octanol–water partition coefficient (Wildman–Crippen LogP) is 4.27. The van der Waals surface area contributed by atoms with Gasteiger partial charge in [0.15, 0.2) is 11.6 Å². The van der Waals surface area contributed by atoms with E-state index in [1.807, 2.05) is 37.8 Å². The maximum Gasteiger partial charge on any atom is 0.410 e. The van der Waals surface area contributed by atoms with E-state index in [0.717, 1.165) is 54.9 Å². The van der Waals surface area contributed by atoms with Gasteiger partial charge in [-0.2, -0.15) is 5.10 Å². The van der Waals surface area contributed by atoms with Gasteiger partial charge in [0, 0.05) is 48.7 Å². The van der Waals surface area contributed by atoms with Gasteiger partial charge in [-0.3, -0.25) is 9.67 Å². The van der Waals surface area contributed by atoms with Crippen LogP contribution in [0.1, 0.15) is 63.1 Å². The van der Waals surface area contributed by atoms with Crippen LogP contribution in [0.15, 0.2) is 36.7 Å². The van der Waals surface area contributed by atoms with Gasteiger partial charge in [0.2, 0.25) is 0 Å². The molecule has 188 valence electrons. The molecule has 3 aromatic heterocycles. The number of hydrogen-bond acceptors (Lipinski definition) is 7. The first-order valence-corrected chi connectivity index (χ1v) is 12.6. The Morgan fingerprint density at radius 1 is 1.19 bits per heavy atom. The summed E-state index contributed by atoms with van der Waals surface area (Å²) in [6.45, 7) is 7.85. The highest BCUT2D eigenvalue weighted by atomic mass is 16.6. The van der Waals surface area contributed by atoms with Crippen molar-refractivity contribution >= 4 is 11.9 Å². The van der Waals surface area contributed by atoms with Crippen molar-refractivity contribution in [1.82, 2.24) is 24.6 Å². The Morgan fingerprint density at radius 3 is 2.86 bits per heavy atom. The van der Waals surface area contributed by atoms with Crippen LogP contribution < -0.4 is 10.5 Å². The van der Waals surface area contributed by atoms with Crippen molar-refractivity contribution in [1.29, 1.82) is 0 Å².